The first-order valence-corrected chi connectivity index (χ1v) is 8.50. The Hall–Kier alpha value is -2.31. The van der Waals surface area contributed by atoms with Crippen molar-refractivity contribution in [2.45, 2.75) is 0 Å². The number of fused-ring (bicyclic) bond motifs is 1. The second-order valence-electron chi connectivity index (χ2n) is 4.90. The zero-order valence-electron chi connectivity index (χ0n) is 11.7. The number of para-hydroxylation sites is 1. The normalized spacial score (nSPS) is 11.0. The predicted molar refractivity (Wildman–Crippen MR) is 92.6 cm³/mol. The zero-order valence-corrected chi connectivity index (χ0v) is 13.3. The van der Waals surface area contributed by atoms with Crippen LogP contribution >= 0.6 is 22.7 Å². The second-order valence-corrected chi connectivity index (χ2v) is 7.02. The average Bonchev–Trinajstić information content (AvgIpc) is 3.15. The Morgan fingerprint density at radius 2 is 1.78 bits per heavy atom. The van der Waals surface area contributed by atoms with Crippen LogP contribution in [0.25, 0.3) is 20.7 Å². The predicted octanol–water partition coefficient (Wildman–Crippen LogP) is 6.05. The third-order valence-corrected chi connectivity index (χ3v) is 5.30. The standard InChI is InChI=1S/C17H10F2N2S2/c18-11-4-1-3-10(9-11)13-7-8-15(22-13)20-17-21-16-12(19)5-2-6-14(16)23-17/h1-9H,(H,20,21). The summed E-state index contributed by atoms with van der Waals surface area (Å²) in [5.41, 5.74) is 1.21. The molecule has 2 heterocycles. The number of halogens is 2. The largest absolute Gasteiger partial charge is 0.323 e. The van der Waals surface area contributed by atoms with E-state index in [1.54, 1.807) is 12.1 Å². The molecule has 0 aliphatic rings. The molecule has 1 N–H and O–H groups in total. The zero-order chi connectivity index (χ0) is 15.8. The topological polar surface area (TPSA) is 24.9 Å². The van der Waals surface area contributed by atoms with Crippen LogP contribution in [-0.4, -0.2) is 4.98 Å². The van der Waals surface area contributed by atoms with Crippen molar-refractivity contribution in [3.63, 3.8) is 0 Å². The van der Waals surface area contributed by atoms with E-state index >= 15 is 0 Å². The third-order valence-electron chi connectivity index (χ3n) is 3.32. The van der Waals surface area contributed by atoms with Crippen LogP contribution in [0.2, 0.25) is 0 Å². The molecule has 4 rings (SSSR count). The minimum absolute atomic E-state index is 0.257. The van der Waals surface area contributed by atoms with E-state index in [2.05, 4.69) is 10.3 Å². The summed E-state index contributed by atoms with van der Waals surface area (Å²) >= 11 is 2.90. The quantitative estimate of drug-likeness (QED) is 0.489. The summed E-state index contributed by atoms with van der Waals surface area (Å²) in [5, 5.41) is 4.71. The first kappa shape index (κ1) is 14.3. The second kappa shape index (κ2) is 5.72. The van der Waals surface area contributed by atoms with Crippen LogP contribution in [-0.2, 0) is 0 Å². The highest BCUT2D eigenvalue weighted by Crippen LogP contribution is 2.35. The van der Waals surface area contributed by atoms with Crippen LogP contribution in [0.1, 0.15) is 0 Å². The van der Waals surface area contributed by atoms with Gasteiger partial charge in [0.05, 0.1) is 9.70 Å². The molecule has 4 aromatic rings. The number of benzene rings is 2. The lowest BCUT2D eigenvalue weighted by Crippen LogP contribution is -1.85. The number of anilines is 2. The molecule has 23 heavy (non-hydrogen) atoms. The molecule has 0 amide bonds. The SMILES string of the molecule is Fc1cccc(-c2ccc(Nc3nc4c(F)cccc4s3)s2)c1. The molecule has 0 aliphatic heterocycles. The van der Waals surface area contributed by atoms with Gasteiger partial charge in [-0.3, -0.25) is 0 Å². The van der Waals surface area contributed by atoms with Crippen LogP contribution in [0.5, 0.6) is 0 Å². The smallest absolute Gasteiger partial charge is 0.188 e. The van der Waals surface area contributed by atoms with E-state index in [0.29, 0.717) is 10.6 Å². The molecule has 0 atom stereocenters. The van der Waals surface area contributed by atoms with Gasteiger partial charge in [-0.15, -0.1) is 11.3 Å². The van der Waals surface area contributed by atoms with Crippen LogP contribution < -0.4 is 5.32 Å². The van der Waals surface area contributed by atoms with Gasteiger partial charge in [0.2, 0.25) is 0 Å². The number of nitrogens with one attached hydrogen (secondary N) is 1. The van der Waals surface area contributed by atoms with E-state index in [0.717, 1.165) is 20.1 Å². The van der Waals surface area contributed by atoms with E-state index in [9.17, 15) is 8.78 Å². The Morgan fingerprint density at radius 1 is 0.913 bits per heavy atom. The highest BCUT2D eigenvalue weighted by molar-refractivity contribution is 7.23. The van der Waals surface area contributed by atoms with Crippen LogP contribution in [0.3, 0.4) is 0 Å². The molecule has 0 fully saturated rings. The molecule has 0 bridgehead atoms. The number of hydrogen-bond donors (Lipinski definition) is 1. The maximum Gasteiger partial charge on any atom is 0.188 e. The maximum atomic E-state index is 13.7. The van der Waals surface area contributed by atoms with Gasteiger partial charge in [0.15, 0.2) is 5.13 Å². The average molecular weight is 344 g/mol. The number of nitrogens with zero attached hydrogens (tertiary/aromatic N) is 1. The van der Waals surface area contributed by atoms with Gasteiger partial charge < -0.3 is 5.32 Å². The molecule has 0 unspecified atom stereocenters. The maximum absolute atomic E-state index is 13.7. The summed E-state index contributed by atoms with van der Waals surface area (Å²) in [5.74, 6) is -0.578. The first-order chi connectivity index (χ1) is 11.2. The fourth-order valence-corrected chi connectivity index (χ4v) is 4.13. The molecule has 114 valence electrons. The van der Waals surface area contributed by atoms with Crippen molar-refractivity contribution in [3.05, 3.63) is 66.2 Å². The Labute approximate surface area is 139 Å². The van der Waals surface area contributed by atoms with Gasteiger partial charge >= 0.3 is 0 Å². The Bertz CT molecular complexity index is 991. The Balaban J connectivity index is 1.63. The monoisotopic (exact) mass is 344 g/mol. The van der Waals surface area contributed by atoms with Gasteiger partial charge in [0.1, 0.15) is 17.2 Å². The Kier molecular flexibility index (Phi) is 3.55. The van der Waals surface area contributed by atoms with Crippen molar-refractivity contribution in [1.82, 2.24) is 4.98 Å². The molecule has 6 heteroatoms. The van der Waals surface area contributed by atoms with Crippen molar-refractivity contribution in [3.8, 4) is 10.4 Å². The molecular weight excluding hydrogens is 334 g/mol. The number of hydrogen-bond acceptors (Lipinski definition) is 4. The molecule has 0 saturated carbocycles. The lowest BCUT2D eigenvalue weighted by atomic mass is 10.2. The summed E-state index contributed by atoms with van der Waals surface area (Å²) in [6, 6.07) is 15.2. The van der Waals surface area contributed by atoms with Crippen molar-refractivity contribution >= 4 is 43.0 Å². The van der Waals surface area contributed by atoms with Crippen molar-refractivity contribution < 1.29 is 8.78 Å². The highest BCUT2D eigenvalue weighted by atomic mass is 32.1. The summed E-state index contributed by atoms with van der Waals surface area (Å²) in [7, 11) is 0. The van der Waals surface area contributed by atoms with E-state index in [-0.39, 0.29) is 11.6 Å². The highest BCUT2D eigenvalue weighted by Gasteiger charge is 2.09. The molecule has 0 aliphatic carbocycles. The number of thiophene rings is 1. The van der Waals surface area contributed by atoms with Crippen LogP contribution in [0.4, 0.5) is 18.9 Å². The summed E-state index contributed by atoms with van der Waals surface area (Å²) in [6.45, 7) is 0. The molecule has 0 spiro atoms. The summed E-state index contributed by atoms with van der Waals surface area (Å²) < 4.78 is 27.8. The van der Waals surface area contributed by atoms with Gasteiger partial charge in [0, 0.05) is 4.88 Å². The molecular formula is C17H10F2N2S2. The van der Waals surface area contributed by atoms with E-state index < -0.39 is 0 Å². The number of thiazole rings is 1. The van der Waals surface area contributed by atoms with Crippen LogP contribution in [0.15, 0.2) is 54.6 Å². The van der Waals surface area contributed by atoms with E-state index in [1.807, 2.05) is 24.3 Å². The lowest BCUT2D eigenvalue weighted by molar-refractivity contribution is 0.628. The number of aromatic nitrogens is 1. The van der Waals surface area contributed by atoms with Gasteiger partial charge in [-0.2, -0.15) is 0 Å². The van der Waals surface area contributed by atoms with Crippen molar-refractivity contribution in [1.29, 1.82) is 0 Å². The van der Waals surface area contributed by atoms with Gasteiger partial charge in [-0.1, -0.05) is 29.5 Å². The van der Waals surface area contributed by atoms with Gasteiger partial charge in [0.25, 0.3) is 0 Å². The van der Waals surface area contributed by atoms with E-state index in [1.165, 1.54) is 40.9 Å². The lowest BCUT2D eigenvalue weighted by Gasteiger charge is -1.98. The minimum Gasteiger partial charge on any atom is -0.323 e. The fraction of sp³-hybridized carbons (Fsp3) is 0. The minimum atomic E-state index is -0.321. The molecule has 2 aromatic carbocycles. The van der Waals surface area contributed by atoms with Gasteiger partial charge in [-0.25, -0.2) is 13.8 Å². The molecule has 2 nitrogen and oxygen atoms in total. The first-order valence-electron chi connectivity index (χ1n) is 6.87. The third kappa shape index (κ3) is 2.83. The molecule has 0 saturated heterocycles. The molecule has 2 aromatic heterocycles. The summed E-state index contributed by atoms with van der Waals surface area (Å²) in [6.07, 6.45) is 0. The van der Waals surface area contributed by atoms with Crippen LogP contribution in [0, 0.1) is 11.6 Å². The van der Waals surface area contributed by atoms with Crippen molar-refractivity contribution in [2.24, 2.45) is 0 Å². The molecule has 0 radical (unpaired) electrons. The van der Waals surface area contributed by atoms with Gasteiger partial charge in [-0.05, 0) is 42.0 Å². The summed E-state index contributed by atoms with van der Waals surface area (Å²) in [4.78, 5) is 5.24. The fourth-order valence-electron chi connectivity index (χ4n) is 2.28. The van der Waals surface area contributed by atoms with E-state index in [4.69, 9.17) is 0 Å². The number of rotatable bonds is 3. The van der Waals surface area contributed by atoms with Crippen molar-refractivity contribution in [2.75, 3.05) is 5.32 Å². The Morgan fingerprint density at radius 3 is 2.61 bits per heavy atom.